The molecule has 0 radical (unpaired) electrons. The van der Waals surface area contributed by atoms with Gasteiger partial charge in [-0.15, -0.1) is 0 Å². The van der Waals surface area contributed by atoms with Gasteiger partial charge in [0.25, 0.3) is 0 Å². The van der Waals surface area contributed by atoms with Crippen LogP contribution < -0.4 is 16.4 Å². The molecule has 0 bridgehead atoms. The lowest BCUT2D eigenvalue weighted by Gasteiger charge is -2.09. The monoisotopic (exact) mass is 288 g/mol. The van der Waals surface area contributed by atoms with Crippen LogP contribution in [0, 0.1) is 0 Å². The second kappa shape index (κ2) is 6.85. The number of hydrogen-bond acceptors (Lipinski definition) is 4. The second-order valence-corrected chi connectivity index (χ2v) is 4.88. The number of hydrogen-bond donors (Lipinski definition) is 3. The summed E-state index contributed by atoms with van der Waals surface area (Å²) in [6.45, 7) is 2.40. The van der Waals surface area contributed by atoms with Crippen LogP contribution in [0.15, 0.2) is 30.6 Å². The molecule has 7 heteroatoms. The highest BCUT2D eigenvalue weighted by Crippen LogP contribution is 2.13. The average Bonchev–Trinajstić information content (AvgIpc) is 2.85. The largest absolute Gasteiger partial charge is 0.337 e. The van der Waals surface area contributed by atoms with E-state index in [-0.39, 0.29) is 12.1 Å². The molecule has 0 saturated carbocycles. The number of nitrogens with zero attached hydrogens (tertiary/aromatic N) is 3. The summed E-state index contributed by atoms with van der Waals surface area (Å²) < 4.78 is 1.63. The summed E-state index contributed by atoms with van der Waals surface area (Å²) in [5.41, 5.74) is 7.53. The molecule has 112 valence electrons. The molecule has 0 aliphatic heterocycles. The summed E-state index contributed by atoms with van der Waals surface area (Å²) in [7, 11) is 1.81. The van der Waals surface area contributed by atoms with Crippen molar-refractivity contribution in [1.29, 1.82) is 0 Å². The van der Waals surface area contributed by atoms with E-state index in [4.69, 9.17) is 5.73 Å². The molecule has 7 nitrogen and oxygen atoms in total. The summed E-state index contributed by atoms with van der Waals surface area (Å²) in [6, 6.07) is 7.20. The fourth-order valence-corrected chi connectivity index (χ4v) is 1.83. The first-order valence-electron chi connectivity index (χ1n) is 6.79. The molecule has 0 aliphatic rings. The highest BCUT2D eigenvalue weighted by Gasteiger charge is 2.04. The van der Waals surface area contributed by atoms with Gasteiger partial charge in [0.15, 0.2) is 5.82 Å². The van der Waals surface area contributed by atoms with Gasteiger partial charge in [-0.3, -0.25) is 4.68 Å². The number of rotatable bonds is 5. The number of carbonyl (C=O) groups excluding carboxylic acids is 1. The third kappa shape index (κ3) is 4.57. The number of benzene rings is 1. The van der Waals surface area contributed by atoms with Gasteiger partial charge in [0.2, 0.25) is 0 Å². The minimum atomic E-state index is -0.250. The predicted octanol–water partition coefficient (Wildman–Crippen LogP) is 1.20. The van der Waals surface area contributed by atoms with E-state index in [0.717, 1.165) is 11.3 Å². The molecule has 1 heterocycles. The van der Waals surface area contributed by atoms with Crippen molar-refractivity contribution in [2.24, 2.45) is 12.8 Å². The summed E-state index contributed by atoms with van der Waals surface area (Å²) in [6.07, 6.45) is 2.23. The molecule has 1 aromatic carbocycles. The Hall–Kier alpha value is -2.41. The van der Waals surface area contributed by atoms with E-state index in [2.05, 4.69) is 20.7 Å². The van der Waals surface area contributed by atoms with E-state index in [1.807, 2.05) is 38.2 Å². The maximum Gasteiger partial charge on any atom is 0.319 e. The number of anilines is 1. The van der Waals surface area contributed by atoms with Crippen LogP contribution in [0.4, 0.5) is 10.5 Å². The van der Waals surface area contributed by atoms with Crippen LogP contribution in [0.2, 0.25) is 0 Å². The van der Waals surface area contributed by atoms with Crippen LogP contribution in [0.1, 0.15) is 24.4 Å². The Morgan fingerprint density at radius 2 is 2.10 bits per heavy atom. The lowest BCUT2D eigenvalue weighted by atomic mass is 10.1. The van der Waals surface area contributed by atoms with E-state index >= 15 is 0 Å². The zero-order valence-electron chi connectivity index (χ0n) is 12.2. The van der Waals surface area contributed by atoms with Crippen LogP contribution in [0.3, 0.4) is 0 Å². The van der Waals surface area contributed by atoms with Gasteiger partial charge in [-0.25, -0.2) is 9.78 Å². The molecule has 2 aromatic rings. The first-order chi connectivity index (χ1) is 10.0. The van der Waals surface area contributed by atoms with Crippen molar-refractivity contribution in [3.8, 4) is 0 Å². The maximum absolute atomic E-state index is 11.7. The summed E-state index contributed by atoms with van der Waals surface area (Å²) in [4.78, 5) is 15.8. The molecule has 0 saturated heterocycles. The Balaban J connectivity index is 1.76. The molecule has 0 fully saturated rings. The molecule has 0 aliphatic carbocycles. The summed E-state index contributed by atoms with van der Waals surface area (Å²) in [5, 5.41) is 9.66. The number of nitrogens with one attached hydrogen (secondary N) is 2. The topological polar surface area (TPSA) is 97.9 Å². The third-order valence-corrected chi connectivity index (χ3v) is 2.98. The molecule has 1 unspecified atom stereocenters. The zero-order chi connectivity index (χ0) is 15.2. The molecular weight excluding hydrogens is 268 g/mol. The van der Waals surface area contributed by atoms with Gasteiger partial charge in [0, 0.05) is 31.7 Å². The SMILES string of the molecule is CC(N)c1ccc(NC(=O)NCCc2ncn(C)n2)cc1. The Kier molecular flexibility index (Phi) is 4.89. The van der Waals surface area contributed by atoms with E-state index in [9.17, 15) is 4.79 Å². The lowest BCUT2D eigenvalue weighted by Crippen LogP contribution is -2.30. The summed E-state index contributed by atoms with van der Waals surface area (Å²) >= 11 is 0. The fourth-order valence-electron chi connectivity index (χ4n) is 1.83. The maximum atomic E-state index is 11.7. The number of carbonyl (C=O) groups is 1. The molecule has 4 N–H and O–H groups in total. The van der Waals surface area contributed by atoms with Crippen molar-refractivity contribution < 1.29 is 4.79 Å². The predicted molar refractivity (Wildman–Crippen MR) is 80.8 cm³/mol. The van der Waals surface area contributed by atoms with Crippen molar-refractivity contribution in [3.05, 3.63) is 42.0 Å². The minimum Gasteiger partial charge on any atom is -0.337 e. The van der Waals surface area contributed by atoms with E-state index in [1.165, 1.54) is 0 Å². The average molecular weight is 288 g/mol. The quantitative estimate of drug-likeness (QED) is 0.770. The van der Waals surface area contributed by atoms with Gasteiger partial charge in [0.1, 0.15) is 6.33 Å². The summed E-state index contributed by atoms with van der Waals surface area (Å²) in [5.74, 6) is 0.707. The Morgan fingerprint density at radius 3 is 2.67 bits per heavy atom. The first-order valence-corrected chi connectivity index (χ1v) is 6.79. The van der Waals surface area contributed by atoms with Gasteiger partial charge in [0.05, 0.1) is 0 Å². The number of aromatic nitrogens is 3. The van der Waals surface area contributed by atoms with E-state index in [1.54, 1.807) is 11.0 Å². The van der Waals surface area contributed by atoms with Crippen molar-refractivity contribution in [2.75, 3.05) is 11.9 Å². The fraction of sp³-hybridized carbons (Fsp3) is 0.357. The molecule has 21 heavy (non-hydrogen) atoms. The molecule has 0 spiro atoms. The highest BCUT2D eigenvalue weighted by molar-refractivity contribution is 5.89. The van der Waals surface area contributed by atoms with Crippen LogP contribution in [-0.4, -0.2) is 27.3 Å². The van der Waals surface area contributed by atoms with E-state index < -0.39 is 0 Å². The molecule has 1 aromatic heterocycles. The Morgan fingerprint density at radius 1 is 1.38 bits per heavy atom. The van der Waals surface area contributed by atoms with Crippen LogP contribution in [-0.2, 0) is 13.5 Å². The highest BCUT2D eigenvalue weighted by atomic mass is 16.2. The number of aryl methyl sites for hydroxylation is 1. The second-order valence-electron chi connectivity index (χ2n) is 4.88. The molecular formula is C14H20N6O. The van der Waals surface area contributed by atoms with E-state index in [0.29, 0.717) is 18.8 Å². The first kappa shape index (κ1) is 15.0. The lowest BCUT2D eigenvalue weighted by molar-refractivity contribution is 0.252. The molecule has 1 atom stereocenters. The van der Waals surface area contributed by atoms with Crippen LogP contribution in [0.25, 0.3) is 0 Å². The third-order valence-electron chi connectivity index (χ3n) is 2.98. The standard InChI is InChI=1S/C14H20N6O/c1-10(15)11-3-5-12(6-4-11)18-14(21)16-8-7-13-17-9-20(2)19-13/h3-6,9-10H,7-8,15H2,1-2H3,(H2,16,18,21). The number of amides is 2. The number of nitrogens with two attached hydrogens (primary N) is 1. The Labute approximate surface area is 123 Å². The van der Waals surface area contributed by atoms with Crippen molar-refractivity contribution >= 4 is 11.7 Å². The number of urea groups is 1. The van der Waals surface area contributed by atoms with Crippen molar-refractivity contribution in [3.63, 3.8) is 0 Å². The Bertz CT molecular complexity index is 590. The zero-order valence-corrected chi connectivity index (χ0v) is 12.2. The normalized spacial score (nSPS) is 12.0. The molecule has 2 amide bonds. The van der Waals surface area contributed by atoms with Crippen molar-refractivity contribution in [1.82, 2.24) is 20.1 Å². The van der Waals surface area contributed by atoms with Gasteiger partial charge < -0.3 is 16.4 Å². The van der Waals surface area contributed by atoms with Crippen LogP contribution in [0.5, 0.6) is 0 Å². The minimum absolute atomic E-state index is 0.0150. The van der Waals surface area contributed by atoms with Gasteiger partial charge in [-0.1, -0.05) is 12.1 Å². The smallest absolute Gasteiger partial charge is 0.319 e. The van der Waals surface area contributed by atoms with Gasteiger partial charge >= 0.3 is 6.03 Å². The van der Waals surface area contributed by atoms with Crippen molar-refractivity contribution in [2.45, 2.75) is 19.4 Å². The van der Waals surface area contributed by atoms with Crippen LogP contribution >= 0.6 is 0 Å². The van der Waals surface area contributed by atoms with Gasteiger partial charge in [-0.05, 0) is 24.6 Å². The van der Waals surface area contributed by atoms with Gasteiger partial charge in [-0.2, -0.15) is 5.10 Å². The molecule has 2 rings (SSSR count).